The molecule has 0 unspecified atom stereocenters. The minimum Gasteiger partial charge on any atom is -0.383 e. The molecule has 0 N–H and O–H groups in total. The topological polar surface area (TPSA) is 33.0 Å². The standard InChI is InChI=1S/C17H26N4O/c1-19(2)17-16-7-5-9-21(16)13-15(18-17)14-6-4-8-20(12-14)10-11-22-3/h5,7,9,13-14H,4,6,8,10-12H2,1-3H3/t14-/m1/s1. The molecule has 0 aliphatic carbocycles. The number of ether oxygens (including phenoxy) is 1. The first kappa shape index (κ1) is 15.3. The predicted octanol–water partition coefficient (Wildman–Crippen LogP) is 2.23. The molecule has 0 radical (unpaired) electrons. The van der Waals surface area contributed by atoms with Crippen molar-refractivity contribution in [1.82, 2.24) is 14.3 Å². The van der Waals surface area contributed by atoms with Gasteiger partial charge in [-0.1, -0.05) is 0 Å². The van der Waals surface area contributed by atoms with Crippen molar-refractivity contribution in [3.8, 4) is 0 Å². The predicted molar refractivity (Wildman–Crippen MR) is 89.8 cm³/mol. The second kappa shape index (κ2) is 6.67. The van der Waals surface area contributed by atoms with Crippen LogP contribution in [-0.2, 0) is 4.74 Å². The lowest BCUT2D eigenvalue weighted by molar-refractivity contribution is 0.127. The maximum atomic E-state index is 5.22. The summed E-state index contributed by atoms with van der Waals surface area (Å²) in [7, 11) is 5.89. The molecule has 120 valence electrons. The molecule has 1 atom stereocenters. The van der Waals surface area contributed by atoms with Crippen molar-refractivity contribution < 1.29 is 4.74 Å². The SMILES string of the molecule is COCCN1CCC[C@@H](c2cn3cccc3c(N(C)C)n2)C1. The summed E-state index contributed by atoms with van der Waals surface area (Å²) in [5.41, 5.74) is 2.37. The molecule has 3 heterocycles. The van der Waals surface area contributed by atoms with E-state index < -0.39 is 0 Å². The molecule has 1 saturated heterocycles. The maximum absolute atomic E-state index is 5.22. The second-order valence-corrected chi connectivity index (χ2v) is 6.32. The van der Waals surface area contributed by atoms with Crippen molar-refractivity contribution in [1.29, 1.82) is 0 Å². The summed E-state index contributed by atoms with van der Waals surface area (Å²) in [4.78, 5) is 9.55. The number of piperidine rings is 1. The molecular formula is C17H26N4O. The van der Waals surface area contributed by atoms with Gasteiger partial charge in [-0.3, -0.25) is 0 Å². The van der Waals surface area contributed by atoms with Crippen LogP contribution < -0.4 is 4.90 Å². The van der Waals surface area contributed by atoms with E-state index in [1.165, 1.54) is 30.6 Å². The zero-order valence-corrected chi connectivity index (χ0v) is 13.8. The molecule has 5 nitrogen and oxygen atoms in total. The maximum Gasteiger partial charge on any atom is 0.152 e. The van der Waals surface area contributed by atoms with Gasteiger partial charge in [0.25, 0.3) is 0 Å². The Labute approximate surface area is 132 Å². The number of likely N-dealkylation sites (tertiary alicyclic amines) is 1. The first-order chi connectivity index (χ1) is 10.7. The quantitative estimate of drug-likeness (QED) is 0.848. The fourth-order valence-corrected chi connectivity index (χ4v) is 3.29. The Bertz CT molecular complexity index is 622. The Balaban J connectivity index is 1.85. The molecule has 2 aromatic rings. The molecule has 0 spiro atoms. The number of hydrogen-bond donors (Lipinski definition) is 0. The van der Waals surface area contributed by atoms with Crippen molar-refractivity contribution in [3.63, 3.8) is 0 Å². The third kappa shape index (κ3) is 3.10. The number of fused-ring (bicyclic) bond motifs is 1. The van der Waals surface area contributed by atoms with Gasteiger partial charge >= 0.3 is 0 Å². The normalized spacial score (nSPS) is 19.7. The number of methoxy groups -OCH3 is 1. The molecule has 2 aromatic heterocycles. The molecule has 0 aromatic carbocycles. The van der Waals surface area contributed by atoms with Gasteiger partial charge in [0, 0.05) is 52.6 Å². The van der Waals surface area contributed by atoms with Gasteiger partial charge < -0.3 is 18.9 Å². The van der Waals surface area contributed by atoms with Gasteiger partial charge in [0.1, 0.15) is 0 Å². The number of nitrogens with zero attached hydrogens (tertiary/aromatic N) is 4. The molecule has 1 aliphatic rings. The van der Waals surface area contributed by atoms with Crippen molar-refractivity contribution in [2.45, 2.75) is 18.8 Å². The van der Waals surface area contributed by atoms with Gasteiger partial charge in [-0.15, -0.1) is 0 Å². The minimum atomic E-state index is 0.510. The highest BCUT2D eigenvalue weighted by Gasteiger charge is 2.23. The lowest BCUT2D eigenvalue weighted by atomic mass is 9.95. The van der Waals surface area contributed by atoms with Gasteiger partial charge in [-0.2, -0.15) is 0 Å². The van der Waals surface area contributed by atoms with Crippen LogP contribution in [0.4, 0.5) is 5.82 Å². The fraction of sp³-hybridized carbons (Fsp3) is 0.588. The van der Waals surface area contributed by atoms with Crippen LogP contribution in [-0.4, -0.2) is 61.7 Å². The first-order valence-electron chi connectivity index (χ1n) is 8.05. The van der Waals surface area contributed by atoms with Crippen molar-refractivity contribution in [3.05, 3.63) is 30.2 Å². The molecule has 0 amide bonds. The number of rotatable bonds is 5. The van der Waals surface area contributed by atoms with Crippen LogP contribution in [0.1, 0.15) is 24.5 Å². The fourth-order valence-electron chi connectivity index (χ4n) is 3.29. The van der Waals surface area contributed by atoms with Crippen molar-refractivity contribution >= 4 is 11.3 Å². The summed E-state index contributed by atoms with van der Waals surface area (Å²) >= 11 is 0. The third-order valence-electron chi connectivity index (χ3n) is 4.47. The summed E-state index contributed by atoms with van der Waals surface area (Å²) in [5.74, 6) is 1.56. The highest BCUT2D eigenvalue weighted by Crippen LogP contribution is 2.28. The van der Waals surface area contributed by atoms with E-state index in [9.17, 15) is 0 Å². The lowest BCUT2D eigenvalue weighted by Crippen LogP contribution is -2.37. The van der Waals surface area contributed by atoms with Gasteiger partial charge in [0.2, 0.25) is 0 Å². The summed E-state index contributed by atoms with van der Waals surface area (Å²) in [6, 6.07) is 4.21. The highest BCUT2D eigenvalue weighted by atomic mass is 16.5. The highest BCUT2D eigenvalue weighted by molar-refractivity contribution is 5.69. The summed E-state index contributed by atoms with van der Waals surface area (Å²) in [6.07, 6.45) is 6.76. The van der Waals surface area contributed by atoms with Crippen LogP contribution in [0.3, 0.4) is 0 Å². The van der Waals surface area contributed by atoms with Crippen molar-refractivity contribution in [2.24, 2.45) is 0 Å². The molecular weight excluding hydrogens is 276 g/mol. The second-order valence-electron chi connectivity index (χ2n) is 6.32. The van der Waals surface area contributed by atoms with E-state index in [4.69, 9.17) is 9.72 Å². The molecule has 5 heteroatoms. The van der Waals surface area contributed by atoms with Gasteiger partial charge in [-0.25, -0.2) is 4.98 Å². The van der Waals surface area contributed by atoms with Crippen LogP contribution in [0.2, 0.25) is 0 Å². The van der Waals surface area contributed by atoms with Crippen LogP contribution in [0, 0.1) is 0 Å². The van der Waals surface area contributed by atoms with E-state index in [0.29, 0.717) is 5.92 Å². The molecule has 22 heavy (non-hydrogen) atoms. The van der Waals surface area contributed by atoms with Crippen LogP contribution >= 0.6 is 0 Å². The van der Waals surface area contributed by atoms with E-state index in [1.54, 1.807) is 7.11 Å². The molecule has 0 bridgehead atoms. The number of hydrogen-bond acceptors (Lipinski definition) is 4. The van der Waals surface area contributed by atoms with E-state index >= 15 is 0 Å². The summed E-state index contributed by atoms with van der Waals surface area (Å²) in [5, 5.41) is 0. The van der Waals surface area contributed by atoms with E-state index in [1.807, 2.05) is 0 Å². The Morgan fingerprint density at radius 1 is 1.41 bits per heavy atom. The number of anilines is 1. The van der Waals surface area contributed by atoms with E-state index in [2.05, 4.69) is 52.8 Å². The zero-order chi connectivity index (χ0) is 15.5. The van der Waals surface area contributed by atoms with Gasteiger partial charge in [-0.05, 0) is 31.5 Å². The van der Waals surface area contributed by atoms with Gasteiger partial charge in [0.15, 0.2) is 5.82 Å². The number of aromatic nitrogens is 2. The monoisotopic (exact) mass is 302 g/mol. The lowest BCUT2D eigenvalue weighted by Gasteiger charge is -2.32. The van der Waals surface area contributed by atoms with Crippen molar-refractivity contribution in [2.75, 3.05) is 52.3 Å². The van der Waals surface area contributed by atoms with E-state index in [-0.39, 0.29) is 0 Å². The third-order valence-corrected chi connectivity index (χ3v) is 4.47. The average molecular weight is 302 g/mol. The smallest absolute Gasteiger partial charge is 0.152 e. The van der Waals surface area contributed by atoms with E-state index in [0.717, 1.165) is 25.5 Å². The summed E-state index contributed by atoms with van der Waals surface area (Å²) in [6.45, 7) is 4.07. The van der Waals surface area contributed by atoms with Crippen LogP contribution in [0.15, 0.2) is 24.5 Å². The average Bonchev–Trinajstić information content (AvgIpc) is 3.00. The first-order valence-corrected chi connectivity index (χ1v) is 8.05. The summed E-state index contributed by atoms with van der Waals surface area (Å²) < 4.78 is 7.42. The molecule has 0 saturated carbocycles. The molecule has 3 rings (SSSR count). The van der Waals surface area contributed by atoms with Gasteiger partial charge in [0.05, 0.1) is 17.8 Å². The molecule has 1 fully saturated rings. The Hall–Kier alpha value is -1.59. The Kier molecular flexibility index (Phi) is 4.64. The zero-order valence-electron chi connectivity index (χ0n) is 13.8. The minimum absolute atomic E-state index is 0.510. The Morgan fingerprint density at radius 3 is 3.05 bits per heavy atom. The van der Waals surface area contributed by atoms with Crippen LogP contribution in [0.25, 0.3) is 5.52 Å². The Morgan fingerprint density at radius 2 is 2.27 bits per heavy atom. The largest absolute Gasteiger partial charge is 0.383 e. The van der Waals surface area contributed by atoms with Crippen LogP contribution in [0.5, 0.6) is 0 Å². The molecule has 1 aliphatic heterocycles.